The molecule has 1 aromatic rings. The highest BCUT2D eigenvalue weighted by molar-refractivity contribution is 5.42. The Morgan fingerprint density at radius 3 is 2.65 bits per heavy atom. The number of aliphatic hydroxyl groups is 1. The number of hydrogen-bond donors (Lipinski definition) is 3. The zero-order valence-corrected chi connectivity index (χ0v) is 10.8. The summed E-state index contributed by atoms with van der Waals surface area (Å²) in [5, 5.41) is 15.5. The first-order chi connectivity index (χ1) is 8.17. The summed E-state index contributed by atoms with van der Waals surface area (Å²) in [5.74, 6) is 1.70. The standard InChI is InChI=1S/C12H22N4O/c1-4-5-14-11-6-13-7-12(16-11)15-10(3)9(2)8-17/h6-7,9-10,17H,4-5,8H2,1-3H3,(H2,14,15,16). The molecule has 17 heavy (non-hydrogen) atoms. The van der Waals surface area contributed by atoms with E-state index in [0.717, 1.165) is 24.6 Å². The highest BCUT2D eigenvalue weighted by Crippen LogP contribution is 2.11. The van der Waals surface area contributed by atoms with Crippen LogP contribution in [0.1, 0.15) is 27.2 Å². The molecule has 5 nitrogen and oxygen atoms in total. The van der Waals surface area contributed by atoms with Crippen molar-refractivity contribution < 1.29 is 5.11 Å². The number of nitrogens with zero attached hydrogens (tertiary/aromatic N) is 2. The fraction of sp³-hybridized carbons (Fsp3) is 0.667. The second-order valence-electron chi connectivity index (χ2n) is 4.31. The van der Waals surface area contributed by atoms with Crippen molar-refractivity contribution in [1.29, 1.82) is 0 Å². The molecule has 5 heteroatoms. The monoisotopic (exact) mass is 238 g/mol. The quantitative estimate of drug-likeness (QED) is 0.675. The molecule has 2 atom stereocenters. The van der Waals surface area contributed by atoms with Gasteiger partial charge in [0.2, 0.25) is 0 Å². The van der Waals surface area contributed by atoms with Crippen LogP contribution in [0.3, 0.4) is 0 Å². The second kappa shape index (κ2) is 7.06. The molecule has 1 heterocycles. The summed E-state index contributed by atoms with van der Waals surface area (Å²) in [5.41, 5.74) is 0. The molecule has 0 aromatic carbocycles. The summed E-state index contributed by atoms with van der Waals surface area (Å²) >= 11 is 0. The van der Waals surface area contributed by atoms with Crippen LogP contribution in [0, 0.1) is 5.92 Å². The van der Waals surface area contributed by atoms with Crippen molar-refractivity contribution in [3.05, 3.63) is 12.4 Å². The zero-order valence-electron chi connectivity index (χ0n) is 10.8. The number of rotatable bonds is 7. The van der Waals surface area contributed by atoms with E-state index in [1.54, 1.807) is 12.4 Å². The summed E-state index contributed by atoms with van der Waals surface area (Å²) in [7, 11) is 0. The first-order valence-electron chi connectivity index (χ1n) is 6.10. The van der Waals surface area contributed by atoms with Crippen LogP contribution in [0.5, 0.6) is 0 Å². The van der Waals surface area contributed by atoms with Crippen molar-refractivity contribution in [2.45, 2.75) is 33.2 Å². The van der Waals surface area contributed by atoms with Gasteiger partial charge >= 0.3 is 0 Å². The predicted octanol–water partition coefficient (Wildman–Crippen LogP) is 1.73. The first-order valence-corrected chi connectivity index (χ1v) is 6.10. The number of aliphatic hydroxyl groups excluding tert-OH is 1. The van der Waals surface area contributed by atoms with E-state index in [4.69, 9.17) is 5.11 Å². The average molecular weight is 238 g/mol. The van der Waals surface area contributed by atoms with E-state index in [1.165, 1.54) is 0 Å². The first kappa shape index (κ1) is 13.7. The Labute approximate surface area is 103 Å². The maximum Gasteiger partial charge on any atom is 0.147 e. The van der Waals surface area contributed by atoms with Gasteiger partial charge in [0.15, 0.2) is 0 Å². The summed E-state index contributed by atoms with van der Waals surface area (Å²) in [4.78, 5) is 8.53. The van der Waals surface area contributed by atoms with E-state index in [1.807, 2.05) is 13.8 Å². The molecule has 0 aliphatic carbocycles. The van der Waals surface area contributed by atoms with Crippen molar-refractivity contribution in [3.8, 4) is 0 Å². The number of nitrogens with one attached hydrogen (secondary N) is 2. The SMILES string of the molecule is CCCNc1cncc(NC(C)C(C)CO)n1. The molecule has 0 aliphatic heterocycles. The van der Waals surface area contributed by atoms with Gasteiger partial charge in [0, 0.05) is 19.2 Å². The van der Waals surface area contributed by atoms with Crippen LogP contribution in [0.4, 0.5) is 11.6 Å². The van der Waals surface area contributed by atoms with E-state index in [9.17, 15) is 0 Å². The minimum Gasteiger partial charge on any atom is -0.396 e. The van der Waals surface area contributed by atoms with Gasteiger partial charge in [-0.05, 0) is 19.3 Å². The van der Waals surface area contributed by atoms with E-state index in [2.05, 4.69) is 27.5 Å². The van der Waals surface area contributed by atoms with Crippen LogP contribution in [0.2, 0.25) is 0 Å². The minimum absolute atomic E-state index is 0.162. The molecule has 0 bridgehead atoms. The van der Waals surface area contributed by atoms with Crippen molar-refractivity contribution in [2.75, 3.05) is 23.8 Å². The van der Waals surface area contributed by atoms with Crippen LogP contribution in [0.25, 0.3) is 0 Å². The summed E-state index contributed by atoms with van der Waals surface area (Å²) in [6.45, 7) is 7.17. The molecule has 0 fully saturated rings. The lowest BCUT2D eigenvalue weighted by Crippen LogP contribution is -2.26. The molecule has 3 N–H and O–H groups in total. The Hall–Kier alpha value is -1.36. The smallest absolute Gasteiger partial charge is 0.147 e. The number of hydrogen-bond acceptors (Lipinski definition) is 5. The molecule has 0 amide bonds. The molecule has 0 radical (unpaired) electrons. The lowest BCUT2D eigenvalue weighted by atomic mass is 10.1. The van der Waals surface area contributed by atoms with Crippen molar-refractivity contribution in [1.82, 2.24) is 9.97 Å². The van der Waals surface area contributed by atoms with E-state index < -0.39 is 0 Å². The Balaban J connectivity index is 2.58. The van der Waals surface area contributed by atoms with Crippen molar-refractivity contribution >= 4 is 11.6 Å². The highest BCUT2D eigenvalue weighted by Gasteiger charge is 2.11. The van der Waals surface area contributed by atoms with Gasteiger partial charge in [0.1, 0.15) is 11.6 Å². The maximum atomic E-state index is 9.07. The van der Waals surface area contributed by atoms with Crippen LogP contribution in [-0.4, -0.2) is 34.3 Å². The molecule has 0 saturated carbocycles. The Morgan fingerprint density at radius 1 is 1.29 bits per heavy atom. The van der Waals surface area contributed by atoms with Gasteiger partial charge in [-0.2, -0.15) is 0 Å². The normalized spacial score (nSPS) is 14.1. The average Bonchev–Trinajstić information content (AvgIpc) is 2.35. The largest absolute Gasteiger partial charge is 0.396 e. The zero-order chi connectivity index (χ0) is 12.7. The third-order valence-electron chi connectivity index (χ3n) is 2.71. The van der Waals surface area contributed by atoms with Gasteiger partial charge in [0.05, 0.1) is 12.4 Å². The number of aromatic nitrogens is 2. The van der Waals surface area contributed by atoms with Crippen LogP contribution in [0.15, 0.2) is 12.4 Å². The fourth-order valence-electron chi connectivity index (χ4n) is 1.31. The van der Waals surface area contributed by atoms with E-state index in [-0.39, 0.29) is 18.6 Å². The Morgan fingerprint density at radius 2 is 2.00 bits per heavy atom. The van der Waals surface area contributed by atoms with Crippen LogP contribution in [-0.2, 0) is 0 Å². The molecular formula is C12H22N4O. The van der Waals surface area contributed by atoms with Crippen LogP contribution >= 0.6 is 0 Å². The maximum absolute atomic E-state index is 9.07. The lowest BCUT2D eigenvalue weighted by molar-refractivity contribution is 0.226. The van der Waals surface area contributed by atoms with Gasteiger partial charge in [-0.15, -0.1) is 0 Å². The van der Waals surface area contributed by atoms with Gasteiger partial charge in [-0.3, -0.25) is 4.98 Å². The third-order valence-corrected chi connectivity index (χ3v) is 2.71. The van der Waals surface area contributed by atoms with Crippen LogP contribution < -0.4 is 10.6 Å². The van der Waals surface area contributed by atoms with Gasteiger partial charge in [-0.25, -0.2) is 4.98 Å². The molecule has 0 aliphatic rings. The molecule has 0 saturated heterocycles. The Kier molecular flexibility index (Phi) is 5.69. The summed E-state index contributed by atoms with van der Waals surface area (Å²) in [6, 6.07) is 0.163. The molecule has 0 spiro atoms. The number of anilines is 2. The lowest BCUT2D eigenvalue weighted by Gasteiger charge is -2.19. The van der Waals surface area contributed by atoms with E-state index in [0.29, 0.717) is 0 Å². The van der Waals surface area contributed by atoms with Gasteiger partial charge in [-0.1, -0.05) is 13.8 Å². The van der Waals surface area contributed by atoms with Crippen molar-refractivity contribution in [2.24, 2.45) is 5.92 Å². The predicted molar refractivity (Wildman–Crippen MR) is 70.1 cm³/mol. The fourth-order valence-corrected chi connectivity index (χ4v) is 1.31. The second-order valence-corrected chi connectivity index (χ2v) is 4.31. The Bertz CT molecular complexity index is 332. The van der Waals surface area contributed by atoms with Gasteiger partial charge in [0.25, 0.3) is 0 Å². The molecule has 1 rings (SSSR count). The topological polar surface area (TPSA) is 70.1 Å². The van der Waals surface area contributed by atoms with E-state index >= 15 is 0 Å². The minimum atomic E-state index is 0.162. The molecule has 2 unspecified atom stereocenters. The molecule has 1 aromatic heterocycles. The summed E-state index contributed by atoms with van der Waals surface area (Å²) in [6.07, 6.45) is 4.45. The van der Waals surface area contributed by atoms with Gasteiger partial charge < -0.3 is 15.7 Å². The molecular weight excluding hydrogens is 216 g/mol. The van der Waals surface area contributed by atoms with Crippen molar-refractivity contribution in [3.63, 3.8) is 0 Å². The molecule has 96 valence electrons. The highest BCUT2D eigenvalue weighted by atomic mass is 16.3. The summed E-state index contributed by atoms with van der Waals surface area (Å²) < 4.78 is 0. The third kappa shape index (κ3) is 4.56.